The van der Waals surface area contributed by atoms with Crippen molar-refractivity contribution in [2.45, 2.75) is 13.0 Å². The van der Waals surface area contributed by atoms with E-state index in [4.69, 9.17) is 0 Å². The first-order valence-electron chi connectivity index (χ1n) is 5.60. The maximum Gasteiger partial charge on any atom is 0.319 e. The zero-order valence-electron chi connectivity index (χ0n) is 9.89. The smallest absolute Gasteiger partial charge is 0.319 e. The average Bonchev–Trinajstić information content (AvgIpc) is 2.62. The van der Waals surface area contributed by atoms with Gasteiger partial charge in [-0.15, -0.1) is 0 Å². The number of nitrogens with zero attached hydrogens (tertiary/aromatic N) is 1. The van der Waals surface area contributed by atoms with Crippen molar-refractivity contribution in [2.24, 2.45) is 0 Å². The highest BCUT2D eigenvalue weighted by Gasteiger charge is 2.40. The SMILES string of the molecule is CC1=C2C(=O)c3ccc([N+](=O)[O-])cc3C2NC(=O)N1. The minimum absolute atomic E-state index is 0.0989. The first-order valence-corrected chi connectivity index (χ1v) is 5.60. The number of nitro benzene ring substituents is 1. The van der Waals surface area contributed by atoms with Gasteiger partial charge in [0.25, 0.3) is 5.69 Å². The highest BCUT2D eigenvalue weighted by molar-refractivity contribution is 6.16. The van der Waals surface area contributed by atoms with Gasteiger partial charge in [0.15, 0.2) is 5.78 Å². The lowest BCUT2D eigenvalue weighted by atomic mass is 10.0. The molecule has 1 heterocycles. The van der Waals surface area contributed by atoms with Crippen LogP contribution in [0.5, 0.6) is 0 Å². The molecule has 19 heavy (non-hydrogen) atoms. The van der Waals surface area contributed by atoms with E-state index in [1.807, 2.05) is 0 Å². The Kier molecular flexibility index (Phi) is 2.19. The highest BCUT2D eigenvalue weighted by atomic mass is 16.6. The lowest BCUT2D eigenvalue weighted by Crippen LogP contribution is -2.42. The average molecular weight is 259 g/mol. The van der Waals surface area contributed by atoms with Crippen LogP contribution in [-0.4, -0.2) is 16.7 Å². The highest BCUT2D eigenvalue weighted by Crippen LogP contribution is 2.39. The number of allylic oxidation sites excluding steroid dienone is 1. The van der Waals surface area contributed by atoms with E-state index in [0.717, 1.165) is 0 Å². The minimum atomic E-state index is -0.601. The molecule has 7 heteroatoms. The molecule has 0 saturated carbocycles. The number of urea groups is 1. The van der Waals surface area contributed by atoms with Gasteiger partial charge in [-0.05, 0) is 18.6 Å². The normalized spacial score (nSPS) is 20.6. The van der Waals surface area contributed by atoms with Crippen LogP contribution in [0.3, 0.4) is 0 Å². The number of amides is 2. The van der Waals surface area contributed by atoms with Crippen LogP contribution < -0.4 is 10.6 Å². The van der Waals surface area contributed by atoms with Crippen LogP contribution in [0.2, 0.25) is 0 Å². The molecule has 2 aliphatic rings. The van der Waals surface area contributed by atoms with Crippen LogP contribution in [0.25, 0.3) is 0 Å². The molecule has 2 N–H and O–H groups in total. The predicted molar refractivity (Wildman–Crippen MR) is 64.5 cm³/mol. The summed E-state index contributed by atoms with van der Waals surface area (Å²) in [6, 6.07) is 3.04. The molecule has 1 aliphatic heterocycles. The van der Waals surface area contributed by atoms with E-state index in [1.54, 1.807) is 6.92 Å². The first-order chi connectivity index (χ1) is 8.99. The molecule has 0 saturated heterocycles. The molecule has 1 aromatic carbocycles. The number of fused-ring (bicyclic) bond motifs is 3. The van der Waals surface area contributed by atoms with Crippen molar-refractivity contribution >= 4 is 17.5 Å². The van der Waals surface area contributed by atoms with Crippen LogP contribution in [0, 0.1) is 10.1 Å². The maximum absolute atomic E-state index is 12.2. The summed E-state index contributed by atoms with van der Waals surface area (Å²) in [5.41, 5.74) is 1.70. The van der Waals surface area contributed by atoms with E-state index in [9.17, 15) is 19.7 Å². The Labute approximate surface area is 107 Å². The largest absolute Gasteiger partial charge is 0.327 e. The number of nitro groups is 1. The molecule has 3 rings (SSSR count). The molecule has 7 nitrogen and oxygen atoms in total. The fourth-order valence-corrected chi connectivity index (χ4v) is 2.48. The van der Waals surface area contributed by atoms with Gasteiger partial charge in [0, 0.05) is 29.0 Å². The van der Waals surface area contributed by atoms with Gasteiger partial charge < -0.3 is 10.6 Å². The molecule has 96 valence electrons. The second-order valence-corrected chi connectivity index (χ2v) is 4.43. The summed E-state index contributed by atoms with van der Waals surface area (Å²) in [5, 5.41) is 15.9. The van der Waals surface area contributed by atoms with Gasteiger partial charge in [-0.25, -0.2) is 4.79 Å². The van der Waals surface area contributed by atoms with E-state index in [0.29, 0.717) is 22.4 Å². The molecule has 1 aromatic rings. The van der Waals surface area contributed by atoms with Crippen molar-refractivity contribution in [3.8, 4) is 0 Å². The monoisotopic (exact) mass is 259 g/mol. The molecule has 1 aliphatic carbocycles. The Morgan fingerprint density at radius 3 is 2.74 bits per heavy atom. The second-order valence-electron chi connectivity index (χ2n) is 4.43. The molecule has 1 atom stereocenters. The Bertz CT molecular complexity index is 678. The van der Waals surface area contributed by atoms with Gasteiger partial charge >= 0.3 is 6.03 Å². The fraction of sp³-hybridized carbons (Fsp3) is 0.167. The number of non-ortho nitro benzene ring substituents is 1. The van der Waals surface area contributed by atoms with Gasteiger partial charge in [0.2, 0.25) is 0 Å². The van der Waals surface area contributed by atoms with Crippen molar-refractivity contribution in [2.75, 3.05) is 0 Å². The molecule has 1 unspecified atom stereocenters. The number of Topliss-reactive ketones (excluding diaryl/α,β-unsaturated/α-hetero) is 1. The number of benzene rings is 1. The first kappa shape index (κ1) is 11.4. The summed E-state index contributed by atoms with van der Waals surface area (Å²) in [6.45, 7) is 1.64. The molecule has 0 radical (unpaired) electrons. The van der Waals surface area contributed by atoms with E-state index in [2.05, 4.69) is 10.6 Å². The number of carbonyl (C=O) groups excluding carboxylic acids is 2. The Morgan fingerprint density at radius 2 is 2.05 bits per heavy atom. The summed E-state index contributed by atoms with van der Waals surface area (Å²) >= 11 is 0. The van der Waals surface area contributed by atoms with Crippen LogP contribution in [0.4, 0.5) is 10.5 Å². The van der Waals surface area contributed by atoms with E-state index in [-0.39, 0.29) is 11.5 Å². The number of hydrogen-bond donors (Lipinski definition) is 2. The molecule has 0 spiro atoms. The van der Waals surface area contributed by atoms with E-state index in [1.165, 1.54) is 18.2 Å². The lowest BCUT2D eigenvalue weighted by Gasteiger charge is -2.23. The standard InChI is InChI=1S/C12H9N3O4/c1-5-9-10(14-12(17)13-5)8-4-6(15(18)19)2-3-7(8)11(9)16/h2-4,10H,1H3,(H2,13,14,17). The zero-order valence-corrected chi connectivity index (χ0v) is 9.89. The van der Waals surface area contributed by atoms with Crippen molar-refractivity contribution in [3.63, 3.8) is 0 Å². The Hall–Kier alpha value is -2.70. The quantitative estimate of drug-likeness (QED) is 0.588. The molecule has 0 aromatic heterocycles. The number of ketones is 1. The Balaban J connectivity index is 2.21. The van der Waals surface area contributed by atoms with Crippen LogP contribution in [0.15, 0.2) is 29.5 Å². The third-order valence-electron chi connectivity index (χ3n) is 3.32. The van der Waals surface area contributed by atoms with Gasteiger partial charge in [-0.3, -0.25) is 14.9 Å². The zero-order chi connectivity index (χ0) is 13.7. The van der Waals surface area contributed by atoms with Gasteiger partial charge in [0.1, 0.15) is 0 Å². The number of nitrogens with one attached hydrogen (secondary N) is 2. The lowest BCUT2D eigenvalue weighted by molar-refractivity contribution is -0.384. The van der Waals surface area contributed by atoms with Crippen LogP contribution in [-0.2, 0) is 0 Å². The third kappa shape index (κ3) is 1.51. The Morgan fingerprint density at radius 1 is 1.32 bits per heavy atom. The summed E-state index contributed by atoms with van der Waals surface area (Å²) in [4.78, 5) is 33.9. The maximum atomic E-state index is 12.2. The fourth-order valence-electron chi connectivity index (χ4n) is 2.48. The topological polar surface area (TPSA) is 101 Å². The molecule has 2 amide bonds. The minimum Gasteiger partial charge on any atom is -0.327 e. The van der Waals surface area contributed by atoms with Crippen LogP contribution in [0.1, 0.15) is 28.9 Å². The van der Waals surface area contributed by atoms with Crippen LogP contribution >= 0.6 is 0 Å². The number of rotatable bonds is 1. The van der Waals surface area contributed by atoms with Crippen molar-refractivity contribution in [1.82, 2.24) is 10.6 Å². The van der Waals surface area contributed by atoms with Crippen molar-refractivity contribution in [1.29, 1.82) is 0 Å². The number of carbonyl (C=O) groups is 2. The molecule has 0 fully saturated rings. The van der Waals surface area contributed by atoms with Gasteiger partial charge in [-0.2, -0.15) is 0 Å². The summed E-state index contributed by atoms with van der Waals surface area (Å²) in [6.07, 6.45) is 0. The van der Waals surface area contributed by atoms with E-state index < -0.39 is 17.0 Å². The van der Waals surface area contributed by atoms with E-state index >= 15 is 0 Å². The van der Waals surface area contributed by atoms with Gasteiger partial charge in [-0.1, -0.05) is 0 Å². The second kappa shape index (κ2) is 3.64. The molecular formula is C12H9N3O4. The molecule has 0 bridgehead atoms. The predicted octanol–water partition coefficient (Wildman–Crippen LogP) is 1.42. The summed E-state index contributed by atoms with van der Waals surface area (Å²) < 4.78 is 0. The van der Waals surface area contributed by atoms with Gasteiger partial charge in [0.05, 0.1) is 11.0 Å². The molecular weight excluding hydrogens is 250 g/mol. The summed E-state index contributed by atoms with van der Waals surface area (Å²) in [5.74, 6) is -0.208. The number of hydrogen-bond acceptors (Lipinski definition) is 4. The summed E-state index contributed by atoms with van der Waals surface area (Å²) in [7, 11) is 0. The third-order valence-corrected chi connectivity index (χ3v) is 3.32. The van der Waals surface area contributed by atoms with Crippen molar-refractivity contribution in [3.05, 3.63) is 50.7 Å². The van der Waals surface area contributed by atoms with Crippen molar-refractivity contribution < 1.29 is 14.5 Å².